The molecule has 0 aromatic carbocycles. The molecule has 2 saturated heterocycles. The van der Waals surface area contributed by atoms with Crippen LogP contribution in [0.3, 0.4) is 0 Å². The quantitative estimate of drug-likeness (QED) is 0.592. The third-order valence-corrected chi connectivity index (χ3v) is 2.59. The second-order valence-corrected chi connectivity index (χ2v) is 4.53. The molecule has 0 bridgehead atoms. The summed E-state index contributed by atoms with van der Waals surface area (Å²) in [6.07, 6.45) is 1.78. The van der Waals surface area contributed by atoms with E-state index in [0.29, 0.717) is 0 Å². The molecule has 2 heterocycles. The molecule has 3 heteroatoms. The van der Waals surface area contributed by atoms with E-state index in [1.807, 2.05) is 0 Å². The number of rotatable bonds is 1. The Kier molecular flexibility index (Phi) is 1.72. The SMILES string of the molecule is CC1(C)CC2(CO2)CC(CO)O1. The van der Waals surface area contributed by atoms with Crippen LogP contribution in [0.2, 0.25) is 0 Å². The summed E-state index contributed by atoms with van der Waals surface area (Å²) in [5.41, 5.74) is -0.0860. The van der Waals surface area contributed by atoms with Gasteiger partial charge in [-0.3, -0.25) is 0 Å². The lowest BCUT2D eigenvalue weighted by Crippen LogP contribution is -2.45. The molecule has 1 N–H and O–H groups in total. The van der Waals surface area contributed by atoms with Gasteiger partial charge in [-0.25, -0.2) is 0 Å². The van der Waals surface area contributed by atoms with Crippen LogP contribution in [0, 0.1) is 0 Å². The van der Waals surface area contributed by atoms with E-state index in [1.54, 1.807) is 0 Å². The van der Waals surface area contributed by atoms with Crippen LogP contribution in [-0.2, 0) is 9.47 Å². The van der Waals surface area contributed by atoms with Crippen LogP contribution in [-0.4, -0.2) is 35.6 Å². The predicted octanol–water partition coefficient (Wildman–Crippen LogP) is 0.705. The third-order valence-electron chi connectivity index (χ3n) is 2.59. The van der Waals surface area contributed by atoms with Crippen LogP contribution >= 0.6 is 0 Å². The van der Waals surface area contributed by atoms with Crippen molar-refractivity contribution in [1.82, 2.24) is 0 Å². The van der Waals surface area contributed by atoms with Gasteiger partial charge in [0, 0.05) is 12.8 Å². The summed E-state index contributed by atoms with van der Waals surface area (Å²) in [6, 6.07) is 0. The zero-order chi connectivity index (χ0) is 8.82. The smallest absolute Gasteiger partial charge is 0.0969 e. The van der Waals surface area contributed by atoms with Crippen molar-refractivity contribution in [3.8, 4) is 0 Å². The summed E-state index contributed by atoms with van der Waals surface area (Å²) in [4.78, 5) is 0. The van der Waals surface area contributed by atoms with Crippen molar-refractivity contribution in [3.63, 3.8) is 0 Å². The van der Waals surface area contributed by atoms with Crippen LogP contribution in [0.4, 0.5) is 0 Å². The molecule has 0 aromatic rings. The van der Waals surface area contributed by atoms with Gasteiger partial charge in [0.1, 0.15) is 0 Å². The lowest BCUT2D eigenvalue weighted by Gasteiger charge is -2.38. The molecule has 2 atom stereocenters. The average molecular weight is 172 g/mol. The monoisotopic (exact) mass is 172 g/mol. The fourth-order valence-corrected chi connectivity index (χ4v) is 2.22. The minimum Gasteiger partial charge on any atom is -0.394 e. The van der Waals surface area contributed by atoms with E-state index >= 15 is 0 Å². The van der Waals surface area contributed by atoms with E-state index in [9.17, 15) is 0 Å². The summed E-state index contributed by atoms with van der Waals surface area (Å²) in [7, 11) is 0. The first-order chi connectivity index (χ1) is 5.55. The van der Waals surface area contributed by atoms with E-state index in [4.69, 9.17) is 14.6 Å². The van der Waals surface area contributed by atoms with Gasteiger partial charge in [-0.2, -0.15) is 0 Å². The van der Waals surface area contributed by atoms with Gasteiger partial charge in [-0.05, 0) is 13.8 Å². The van der Waals surface area contributed by atoms with Crippen molar-refractivity contribution < 1.29 is 14.6 Å². The van der Waals surface area contributed by atoms with E-state index in [0.717, 1.165) is 19.4 Å². The Morgan fingerprint density at radius 1 is 1.50 bits per heavy atom. The topological polar surface area (TPSA) is 42.0 Å². The molecule has 3 nitrogen and oxygen atoms in total. The van der Waals surface area contributed by atoms with Crippen LogP contribution in [0.1, 0.15) is 26.7 Å². The average Bonchev–Trinajstić information content (AvgIpc) is 2.65. The predicted molar refractivity (Wildman–Crippen MR) is 44.0 cm³/mol. The first-order valence-corrected chi connectivity index (χ1v) is 4.48. The molecule has 0 amide bonds. The summed E-state index contributed by atoms with van der Waals surface area (Å²) in [5, 5.41) is 9.00. The number of aliphatic hydroxyl groups excluding tert-OH is 1. The van der Waals surface area contributed by atoms with Crippen LogP contribution in [0.5, 0.6) is 0 Å². The number of hydrogen-bond donors (Lipinski definition) is 1. The van der Waals surface area contributed by atoms with Gasteiger partial charge < -0.3 is 14.6 Å². The van der Waals surface area contributed by atoms with Gasteiger partial charge in [-0.1, -0.05) is 0 Å². The highest BCUT2D eigenvalue weighted by Crippen LogP contribution is 2.45. The van der Waals surface area contributed by atoms with Crippen molar-refractivity contribution in [1.29, 1.82) is 0 Å². The van der Waals surface area contributed by atoms with Gasteiger partial charge in [0.05, 0.1) is 30.5 Å². The van der Waals surface area contributed by atoms with E-state index < -0.39 is 0 Å². The lowest BCUT2D eigenvalue weighted by atomic mass is 9.86. The molecule has 2 unspecified atom stereocenters. The number of epoxide rings is 1. The van der Waals surface area contributed by atoms with Crippen molar-refractivity contribution in [2.45, 2.75) is 44.0 Å². The van der Waals surface area contributed by atoms with Gasteiger partial charge in [0.25, 0.3) is 0 Å². The van der Waals surface area contributed by atoms with Crippen LogP contribution in [0.25, 0.3) is 0 Å². The standard InChI is InChI=1S/C9H16O3/c1-8(2)5-9(6-11-9)3-7(4-10)12-8/h7,10H,3-6H2,1-2H3. The Labute approximate surface area is 72.7 Å². The first-order valence-electron chi connectivity index (χ1n) is 4.48. The molecule has 0 radical (unpaired) electrons. The maximum atomic E-state index is 9.00. The molecule has 0 aliphatic carbocycles. The molecule has 0 aromatic heterocycles. The summed E-state index contributed by atoms with van der Waals surface area (Å²) < 4.78 is 11.1. The Bertz CT molecular complexity index is 178. The normalized spacial score (nSPS) is 44.8. The van der Waals surface area contributed by atoms with E-state index in [1.165, 1.54) is 0 Å². The highest BCUT2D eigenvalue weighted by molar-refractivity contribution is 5.02. The second-order valence-electron chi connectivity index (χ2n) is 4.53. The third kappa shape index (κ3) is 1.49. The summed E-state index contributed by atoms with van der Waals surface area (Å²) in [5.74, 6) is 0. The van der Waals surface area contributed by atoms with Crippen molar-refractivity contribution in [2.75, 3.05) is 13.2 Å². The zero-order valence-corrected chi connectivity index (χ0v) is 7.67. The molecule has 2 aliphatic rings. The van der Waals surface area contributed by atoms with Crippen LogP contribution in [0.15, 0.2) is 0 Å². The first kappa shape index (κ1) is 8.48. The molecule has 12 heavy (non-hydrogen) atoms. The van der Waals surface area contributed by atoms with Crippen LogP contribution < -0.4 is 0 Å². The zero-order valence-electron chi connectivity index (χ0n) is 7.67. The molecule has 2 fully saturated rings. The highest BCUT2D eigenvalue weighted by atomic mass is 16.6. The second kappa shape index (κ2) is 2.44. The molecule has 1 spiro atoms. The maximum Gasteiger partial charge on any atom is 0.0969 e. The molecule has 0 saturated carbocycles. The Balaban J connectivity index is 2.06. The molecule has 70 valence electrons. The molecule has 2 rings (SSSR count). The fourth-order valence-electron chi connectivity index (χ4n) is 2.22. The molecular weight excluding hydrogens is 156 g/mol. The van der Waals surface area contributed by atoms with E-state index in [-0.39, 0.29) is 23.9 Å². The van der Waals surface area contributed by atoms with Crippen molar-refractivity contribution in [2.24, 2.45) is 0 Å². The largest absolute Gasteiger partial charge is 0.394 e. The van der Waals surface area contributed by atoms with Crippen molar-refractivity contribution >= 4 is 0 Å². The number of hydrogen-bond acceptors (Lipinski definition) is 3. The Hall–Kier alpha value is -0.120. The number of aliphatic hydroxyl groups is 1. The maximum absolute atomic E-state index is 9.00. The highest BCUT2D eigenvalue weighted by Gasteiger charge is 2.53. The van der Waals surface area contributed by atoms with Gasteiger partial charge >= 0.3 is 0 Å². The van der Waals surface area contributed by atoms with Gasteiger partial charge in [-0.15, -0.1) is 0 Å². The summed E-state index contributed by atoms with van der Waals surface area (Å²) >= 11 is 0. The minimum absolute atomic E-state index is 0.0313. The number of ether oxygens (including phenoxy) is 2. The van der Waals surface area contributed by atoms with Gasteiger partial charge in [0.2, 0.25) is 0 Å². The lowest BCUT2D eigenvalue weighted by molar-refractivity contribution is -0.144. The molecule has 2 aliphatic heterocycles. The molecular formula is C9H16O3. The van der Waals surface area contributed by atoms with Crippen molar-refractivity contribution in [3.05, 3.63) is 0 Å². The minimum atomic E-state index is -0.137. The van der Waals surface area contributed by atoms with E-state index in [2.05, 4.69) is 13.8 Å². The Morgan fingerprint density at radius 3 is 2.67 bits per heavy atom. The fraction of sp³-hybridized carbons (Fsp3) is 1.00. The summed E-state index contributed by atoms with van der Waals surface area (Å²) in [6.45, 7) is 5.06. The Morgan fingerprint density at radius 2 is 2.17 bits per heavy atom. The van der Waals surface area contributed by atoms with Gasteiger partial charge in [0.15, 0.2) is 0 Å².